The van der Waals surface area contributed by atoms with Gasteiger partial charge in [-0.3, -0.25) is 4.79 Å². The van der Waals surface area contributed by atoms with Crippen LogP contribution in [-0.2, 0) is 9.53 Å². The Bertz CT molecular complexity index is 243. The van der Waals surface area contributed by atoms with E-state index in [-0.39, 0.29) is 17.9 Å². The van der Waals surface area contributed by atoms with Crippen LogP contribution in [0.25, 0.3) is 0 Å². The standard InChI is InChI=1S/C14H27NO2/c1-9(2)13(10(3)4)8-15-14(16)12-6-7-17-11(12)5/h9-13H,6-8H2,1-5H3,(H,15,16). The van der Waals surface area contributed by atoms with Gasteiger partial charge in [-0.2, -0.15) is 0 Å². The summed E-state index contributed by atoms with van der Waals surface area (Å²) in [5.41, 5.74) is 0. The van der Waals surface area contributed by atoms with Crippen LogP contribution in [0.5, 0.6) is 0 Å². The van der Waals surface area contributed by atoms with E-state index in [4.69, 9.17) is 4.74 Å². The molecule has 0 aromatic heterocycles. The third-order valence-electron chi connectivity index (χ3n) is 3.94. The molecule has 0 bridgehead atoms. The molecule has 1 aliphatic heterocycles. The Kier molecular flexibility index (Phi) is 5.44. The van der Waals surface area contributed by atoms with Crippen LogP contribution in [0.2, 0.25) is 0 Å². The molecule has 0 aromatic rings. The van der Waals surface area contributed by atoms with Gasteiger partial charge in [-0.15, -0.1) is 0 Å². The second-order valence-electron chi connectivity index (χ2n) is 5.87. The van der Waals surface area contributed by atoms with Gasteiger partial charge in [0.2, 0.25) is 5.91 Å². The zero-order valence-corrected chi connectivity index (χ0v) is 11.8. The van der Waals surface area contributed by atoms with Gasteiger partial charge in [-0.05, 0) is 31.1 Å². The van der Waals surface area contributed by atoms with Crippen LogP contribution in [-0.4, -0.2) is 25.2 Å². The second kappa shape index (κ2) is 6.39. The molecule has 2 atom stereocenters. The first kappa shape index (κ1) is 14.5. The Morgan fingerprint density at radius 1 is 1.29 bits per heavy atom. The molecule has 0 spiro atoms. The summed E-state index contributed by atoms with van der Waals surface area (Å²) in [6.45, 7) is 12.4. The molecule has 0 saturated carbocycles. The first-order valence-corrected chi connectivity index (χ1v) is 6.82. The Hall–Kier alpha value is -0.570. The fraction of sp³-hybridized carbons (Fsp3) is 0.929. The van der Waals surface area contributed by atoms with Gasteiger partial charge in [0.25, 0.3) is 0 Å². The third kappa shape index (κ3) is 3.98. The second-order valence-corrected chi connectivity index (χ2v) is 5.87. The fourth-order valence-electron chi connectivity index (χ4n) is 2.67. The van der Waals surface area contributed by atoms with Crippen molar-refractivity contribution in [2.75, 3.05) is 13.2 Å². The van der Waals surface area contributed by atoms with Gasteiger partial charge in [0.05, 0.1) is 12.0 Å². The molecule has 1 heterocycles. The molecule has 1 aliphatic rings. The first-order valence-electron chi connectivity index (χ1n) is 6.82. The van der Waals surface area contributed by atoms with E-state index in [9.17, 15) is 4.79 Å². The Balaban J connectivity index is 2.41. The van der Waals surface area contributed by atoms with Crippen molar-refractivity contribution in [3.63, 3.8) is 0 Å². The summed E-state index contributed by atoms with van der Waals surface area (Å²) in [6, 6.07) is 0. The Labute approximate surface area is 105 Å². The number of nitrogens with one attached hydrogen (secondary N) is 1. The summed E-state index contributed by atoms with van der Waals surface area (Å²) >= 11 is 0. The normalized spacial score (nSPS) is 24.9. The quantitative estimate of drug-likeness (QED) is 0.803. The number of rotatable bonds is 5. The zero-order valence-electron chi connectivity index (χ0n) is 11.8. The predicted octanol–water partition coefficient (Wildman–Crippen LogP) is 2.46. The zero-order chi connectivity index (χ0) is 13.0. The first-order chi connectivity index (χ1) is 7.93. The van der Waals surface area contributed by atoms with Crippen molar-refractivity contribution >= 4 is 5.91 Å². The molecule has 1 rings (SSSR count). The van der Waals surface area contributed by atoms with Gasteiger partial charge in [-0.1, -0.05) is 27.7 Å². The average molecular weight is 241 g/mol. The molecule has 0 aliphatic carbocycles. The van der Waals surface area contributed by atoms with Crippen molar-refractivity contribution in [1.82, 2.24) is 5.32 Å². The summed E-state index contributed by atoms with van der Waals surface area (Å²) in [6.07, 6.45) is 0.938. The molecule has 2 unspecified atom stereocenters. The van der Waals surface area contributed by atoms with E-state index >= 15 is 0 Å². The molecule has 0 aromatic carbocycles. The molecule has 3 heteroatoms. The highest BCUT2D eigenvalue weighted by Crippen LogP contribution is 2.22. The van der Waals surface area contributed by atoms with E-state index < -0.39 is 0 Å². The van der Waals surface area contributed by atoms with Gasteiger partial charge in [-0.25, -0.2) is 0 Å². The van der Waals surface area contributed by atoms with Gasteiger partial charge in [0, 0.05) is 13.2 Å². The van der Waals surface area contributed by atoms with E-state index in [1.807, 2.05) is 6.92 Å². The van der Waals surface area contributed by atoms with Crippen LogP contribution in [0.4, 0.5) is 0 Å². The van der Waals surface area contributed by atoms with Crippen LogP contribution in [0.15, 0.2) is 0 Å². The van der Waals surface area contributed by atoms with Crippen molar-refractivity contribution in [3.05, 3.63) is 0 Å². The summed E-state index contributed by atoms with van der Waals surface area (Å²) in [4.78, 5) is 12.0. The Morgan fingerprint density at radius 3 is 2.29 bits per heavy atom. The lowest BCUT2D eigenvalue weighted by Crippen LogP contribution is -2.39. The number of hydrogen-bond acceptors (Lipinski definition) is 2. The lowest BCUT2D eigenvalue weighted by molar-refractivity contribution is -0.126. The lowest BCUT2D eigenvalue weighted by atomic mass is 9.85. The van der Waals surface area contributed by atoms with Gasteiger partial charge >= 0.3 is 0 Å². The lowest BCUT2D eigenvalue weighted by Gasteiger charge is -2.26. The summed E-state index contributed by atoms with van der Waals surface area (Å²) < 4.78 is 5.43. The molecule has 100 valence electrons. The minimum absolute atomic E-state index is 0.0509. The summed E-state index contributed by atoms with van der Waals surface area (Å²) in [5.74, 6) is 1.98. The molecular formula is C14H27NO2. The molecule has 1 amide bonds. The van der Waals surface area contributed by atoms with Crippen molar-refractivity contribution in [1.29, 1.82) is 0 Å². The minimum atomic E-state index is 0.0509. The van der Waals surface area contributed by atoms with Gasteiger partial charge in [0.15, 0.2) is 0 Å². The largest absolute Gasteiger partial charge is 0.378 e. The van der Waals surface area contributed by atoms with E-state index in [1.54, 1.807) is 0 Å². The average Bonchev–Trinajstić information content (AvgIpc) is 2.63. The van der Waals surface area contributed by atoms with Crippen molar-refractivity contribution in [2.45, 2.75) is 47.1 Å². The smallest absolute Gasteiger partial charge is 0.225 e. The monoisotopic (exact) mass is 241 g/mol. The highest BCUT2D eigenvalue weighted by atomic mass is 16.5. The maximum absolute atomic E-state index is 12.0. The van der Waals surface area contributed by atoms with Crippen LogP contribution >= 0.6 is 0 Å². The SMILES string of the molecule is CC(C)C(CNC(=O)C1CCOC1C)C(C)C. The number of ether oxygens (including phenoxy) is 1. The number of amides is 1. The van der Waals surface area contributed by atoms with E-state index in [2.05, 4.69) is 33.0 Å². The van der Waals surface area contributed by atoms with E-state index in [0.29, 0.717) is 17.8 Å². The number of hydrogen-bond donors (Lipinski definition) is 1. The summed E-state index contributed by atoms with van der Waals surface area (Å²) in [5, 5.41) is 3.10. The molecule has 17 heavy (non-hydrogen) atoms. The molecule has 1 N–H and O–H groups in total. The van der Waals surface area contributed by atoms with Crippen molar-refractivity contribution in [2.24, 2.45) is 23.7 Å². The van der Waals surface area contributed by atoms with Crippen LogP contribution in [0, 0.1) is 23.7 Å². The highest BCUT2D eigenvalue weighted by molar-refractivity contribution is 5.79. The maximum Gasteiger partial charge on any atom is 0.225 e. The van der Waals surface area contributed by atoms with Crippen molar-refractivity contribution < 1.29 is 9.53 Å². The maximum atomic E-state index is 12.0. The number of carbonyl (C=O) groups excluding carboxylic acids is 1. The number of carbonyl (C=O) groups is 1. The molecular weight excluding hydrogens is 214 g/mol. The topological polar surface area (TPSA) is 38.3 Å². The van der Waals surface area contributed by atoms with E-state index in [1.165, 1.54) is 0 Å². The molecule has 1 fully saturated rings. The van der Waals surface area contributed by atoms with Crippen LogP contribution in [0.3, 0.4) is 0 Å². The Morgan fingerprint density at radius 2 is 1.88 bits per heavy atom. The highest BCUT2D eigenvalue weighted by Gasteiger charge is 2.31. The molecule has 3 nitrogen and oxygen atoms in total. The van der Waals surface area contributed by atoms with E-state index in [0.717, 1.165) is 19.6 Å². The van der Waals surface area contributed by atoms with Gasteiger partial charge in [0.1, 0.15) is 0 Å². The summed E-state index contributed by atoms with van der Waals surface area (Å²) in [7, 11) is 0. The predicted molar refractivity (Wildman–Crippen MR) is 69.7 cm³/mol. The van der Waals surface area contributed by atoms with Gasteiger partial charge < -0.3 is 10.1 Å². The van der Waals surface area contributed by atoms with Crippen molar-refractivity contribution in [3.8, 4) is 0 Å². The third-order valence-corrected chi connectivity index (χ3v) is 3.94. The van der Waals surface area contributed by atoms with Crippen LogP contribution in [0.1, 0.15) is 41.0 Å². The molecule has 0 radical (unpaired) electrons. The fourth-order valence-corrected chi connectivity index (χ4v) is 2.67. The molecule has 1 saturated heterocycles. The minimum Gasteiger partial charge on any atom is -0.378 e. The van der Waals surface area contributed by atoms with Crippen LogP contribution < -0.4 is 5.32 Å².